The summed E-state index contributed by atoms with van der Waals surface area (Å²) in [4.78, 5) is 0. The van der Waals surface area contributed by atoms with Crippen LogP contribution in [0.2, 0.25) is 0 Å². The molecule has 1 aromatic rings. The second-order valence-corrected chi connectivity index (χ2v) is 4.31. The van der Waals surface area contributed by atoms with E-state index in [1.165, 1.54) is 12.1 Å². The highest BCUT2D eigenvalue weighted by Gasteiger charge is 2.16. The van der Waals surface area contributed by atoms with Crippen molar-refractivity contribution in [3.63, 3.8) is 0 Å². The van der Waals surface area contributed by atoms with Gasteiger partial charge in [0.05, 0.1) is 5.60 Å². The third-order valence-electron chi connectivity index (χ3n) is 2.02. The molecule has 0 amide bonds. The molecule has 0 aromatic heterocycles. The molecule has 90 valence electrons. The summed E-state index contributed by atoms with van der Waals surface area (Å²) in [5.74, 6) is 0. The lowest BCUT2D eigenvalue weighted by atomic mass is 10.1. The Balaban J connectivity index is 2.87. The Labute approximate surface area is 93.3 Å². The number of nitrogen functional groups attached to an aromatic ring is 1. The van der Waals surface area contributed by atoms with Gasteiger partial charge in [-0.15, -0.1) is 0 Å². The van der Waals surface area contributed by atoms with Crippen LogP contribution in [0.5, 0.6) is 0 Å². The van der Waals surface area contributed by atoms with Crippen LogP contribution < -0.4 is 11.1 Å². The molecule has 0 unspecified atom stereocenters. The van der Waals surface area contributed by atoms with Gasteiger partial charge < -0.3 is 16.2 Å². The molecular formula is C11H16F2N2O. The molecule has 5 heteroatoms. The van der Waals surface area contributed by atoms with Crippen molar-refractivity contribution in [2.24, 2.45) is 0 Å². The molecule has 0 fully saturated rings. The summed E-state index contributed by atoms with van der Waals surface area (Å²) < 4.78 is 25.3. The van der Waals surface area contributed by atoms with Gasteiger partial charge in [-0.3, -0.25) is 0 Å². The van der Waals surface area contributed by atoms with Crippen LogP contribution in [0.1, 0.15) is 25.8 Å². The lowest BCUT2D eigenvalue weighted by Crippen LogP contribution is -2.29. The van der Waals surface area contributed by atoms with Crippen LogP contribution in [0, 0.1) is 0 Å². The zero-order chi connectivity index (χ0) is 12.3. The molecule has 0 saturated carbocycles. The van der Waals surface area contributed by atoms with Crippen molar-refractivity contribution in [1.29, 1.82) is 0 Å². The second-order valence-electron chi connectivity index (χ2n) is 4.31. The number of halogens is 2. The van der Waals surface area contributed by atoms with Gasteiger partial charge in [0.2, 0.25) is 0 Å². The van der Waals surface area contributed by atoms with Crippen LogP contribution in [0.3, 0.4) is 0 Å². The fourth-order valence-corrected chi connectivity index (χ4v) is 1.23. The molecule has 0 bridgehead atoms. The van der Waals surface area contributed by atoms with Crippen molar-refractivity contribution in [2.45, 2.75) is 25.9 Å². The molecule has 0 spiro atoms. The Morgan fingerprint density at radius 3 is 2.56 bits per heavy atom. The number of hydrogen-bond acceptors (Lipinski definition) is 3. The summed E-state index contributed by atoms with van der Waals surface area (Å²) in [5, 5.41) is 12.3. The normalized spacial score (nSPS) is 11.9. The molecule has 0 heterocycles. The van der Waals surface area contributed by atoms with Gasteiger partial charge in [0.15, 0.2) is 0 Å². The molecule has 0 radical (unpaired) electrons. The third-order valence-corrected chi connectivity index (χ3v) is 2.02. The van der Waals surface area contributed by atoms with Crippen LogP contribution in [-0.2, 0) is 0 Å². The molecule has 0 aliphatic rings. The first-order chi connectivity index (χ1) is 7.29. The van der Waals surface area contributed by atoms with E-state index < -0.39 is 12.0 Å². The zero-order valence-corrected chi connectivity index (χ0v) is 9.30. The first-order valence-electron chi connectivity index (χ1n) is 4.93. The fourth-order valence-electron chi connectivity index (χ4n) is 1.23. The van der Waals surface area contributed by atoms with E-state index >= 15 is 0 Å². The van der Waals surface area contributed by atoms with Gasteiger partial charge in [-0.1, -0.05) is 0 Å². The Morgan fingerprint density at radius 1 is 1.44 bits per heavy atom. The minimum Gasteiger partial charge on any atom is -0.399 e. The third kappa shape index (κ3) is 3.66. The maximum Gasteiger partial charge on any atom is 0.265 e. The molecule has 0 aliphatic carbocycles. The largest absolute Gasteiger partial charge is 0.399 e. The number of hydrogen-bond donors (Lipinski definition) is 3. The number of nitrogens with two attached hydrogens (primary N) is 1. The number of rotatable bonds is 4. The van der Waals surface area contributed by atoms with Crippen LogP contribution in [-0.4, -0.2) is 17.3 Å². The maximum absolute atomic E-state index is 12.7. The first-order valence-corrected chi connectivity index (χ1v) is 4.93. The second kappa shape index (κ2) is 4.65. The Kier molecular flexibility index (Phi) is 3.70. The predicted octanol–water partition coefficient (Wildman–Crippen LogP) is 2.39. The van der Waals surface area contributed by atoms with Gasteiger partial charge >= 0.3 is 0 Å². The monoisotopic (exact) mass is 230 g/mol. The highest BCUT2D eigenvalue weighted by atomic mass is 19.3. The highest BCUT2D eigenvalue weighted by Crippen LogP contribution is 2.29. The van der Waals surface area contributed by atoms with Crippen molar-refractivity contribution in [1.82, 2.24) is 0 Å². The molecule has 0 saturated heterocycles. The fraction of sp³-hybridized carbons (Fsp3) is 0.455. The first kappa shape index (κ1) is 12.7. The molecule has 0 aliphatic heterocycles. The highest BCUT2D eigenvalue weighted by molar-refractivity contribution is 5.58. The van der Waals surface area contributed by atoms with Crippen molar-refractivity contribution >= 4 is 11.4 Å². The van der Waals surface area contributed by atoms with Crippen molar-refractivity contribution in [2.75, 3.05) is 17.6 Å². The number of aliphatic hydroxyl groups is 1. The summed E-state index contributed by atoms with van der Waals surface area (Å²) in [6.45, 7) is 3.38. The van der Waals surface area contributed by atoms with Crippen LogP contribution in [0.25, 0.3) is 0 Å². The Hall–Kier alpha value is -1.36. The van der Waals surface area contributed by atoms with E-state index in [1.807, 2.05) is 0 Å². The van der Waals surface area contributed by atoms with E-state index in [0.717, 1.165) is 0 Å². The lowest BCUT2D eigenvalue weighted by molar-refractivity contribution is 0.0942. The van der Waals surface area contributed by atoms with Crippen molar-refractivity contribution in [3.8, 4) is 0 Å². The van der Waals surface area contributed by atoms with Gasteiger partial charge in [-0.05, 0) is 32.0 Å². The molecular weight excluding hydrogens is 214 g/mol. The number of benzene rings is 1. The summed E-state index contributed by atoms with van der Waals surface area (Å²) in [6, 6.07) is 4.26. The van der Waals surface area contributed by atoms with Gasteiger partial charge in [0, 0.05) is 23.5 Å². The summed E-state index contributed by atoms with van der Waals surface area (Å²) in [5.41, 5.74) is 4.92. The van der Waals surface area contributed by atoms with Crippen LogP contribution in [0.15, 0.2) is 18.2 Å². The molecule has 3 nitrogen and oxygen atoms in total. The SMILES string of the molecule is CC(C)(O)CNc1ccc(N)cc1C(F)F. The van der Waals surface area contributed by atoms with Crippen LogP contribution in [0.4, 0.5) is 20.2 Å². The average molecular weight is 230 g/mol. The quantitative estimate of drug-likeness (QED) is 0.696. The maximum atomic E-state index is 12.7. The minimum atomic E-state index is -2.59. The number of anilines is 2. The van der Waals surface area contributed by atoms with Gasteiger partial charge in [0.1, 0.15) is 0 Å². The number of nitrogens with one attached hydrogen (secondary N) is 1. The van der Waals surface area contributed by atoms with Gasteiger partial charge in [0.25, 0.3) is 6.43 Å². The van der Waals surface area contributed by atoms with E-state index in [-0.39, 0.29) is 12.1 Å². The molecule has 4 N–H and O–H groups in total. The van der Waals surface area contributed by atoms with E-state index in [2.05, 4.69) is 5.32 Å². The summed E-state index contributed by atoms with van der Waals surface area (Å²) in [6.07, 6.45) is -2.59. The van der Waals surface area contributed by atoms with E-state index in [0.29, 0.717) is 11.4 Å². The molecule has 1 aromatic carbocycles. The smallest absolute Gasteiger partial charge is 0.265 e. The van der Waals surface area contributed by atoms with Crippen LogP contribution >= 0.6 is 0 Å². The summed E-state index contributed by atoms with van der Waals surface area (Å²) in [7, 11) is 0. The van der Waals surface area contributed by atoms with E-state index in [1.54, 1.807) is 19.9 Å². The molecule has 0 atom stereocenters. The Bertz CT molecular complexity index is 361. The van der Waals surface area contributed by atoms with Gasteiger partial charge in [-0.25, -0.2) is 8.78 Å². The zero-order valence-electron chi connectivity index (χ0n) is 9.30. The topological polar surface area (TPSA) is 58.3 Å². The summed E-state index contributed by atoms with van der Waals surface area (Å²) >= 11 is 0. The average Bonchev–Trinajstić information content (AvgIpc) is 2.14. The standard InChI is InChI=1S/C11H16F2N2O/c1-11(2,16)6-15-9-4-3-7(14)5-8(9)10(12)13/h3-5,10,15-16H,6,14H2,1-2H3. The minimum absolute atomic E-state index is 0.149. The molecule has 1 rings (SSSR count). The lowest BCUT2D eigenvalue weighted by Gasteiger charge is -2.20. The predicted molar refractivity (Wildman–Crippen MR) is 60.6 cm³/mol. The number of alkyl halides is 2. The Morgan fingerprint density at radius 2 is 2.06 bits per heavy atom. The van der Waals surface area contributed by atoms with Crippen molar-refractivity contribution in [3.05, 3.63) is 23.8 Å². The molecule has 16 heavy (non-hydrogen) atoms. The van der Waals surface area contributed by atoms with Crippen molar-refractivity contribution < 1.29 is 13.9 Å². The van der Waals surface area contributed by atoms with E-state index in [4.69, 9.17) is 5.73 Å². The van der Waals surface area contributed by atoms with Gasteiger partial charge in [-0.2, -0.15) is 0 Å². The van der Waals surface area contributed by atoms with E-state index in [9.17, 15) is 13.9 Å².